The maximum Gasteiger partial charge on any atom is 0.243 e. The second kappa shape index (κ2) is 10.4. The fourth-order valence-corrected chi connectivity index (χ4v) is 4.51. The van der Waals surface area contributed by atoms with E-state index in [4.69, 9.17) is 9.47 Å². The van der Waals surface area contributed by atoms with Crippen LogP contribution in [0.5, 0.6) is 0 Å². The highest BCUT2D eigenvalue weighted by Crippen LogP contribution is 2.38. The monoisotopic (exact) mass is 394 g/mol. The molecule has 2 heterocycles. The normalized spacial score (nSPS) is 28.0. The van der Waals surface area contributed by atoms with Gasteiger partial charge in [0.2, 0.25) is 5.91 Å². The highest BCUT2D eigenvalue weighted by molar-refractivity contribution is 5.85. The molecule has 2 atom stereocenters. The van der Waals surface area contributed by atoms with Crippen LogP contribution in [0, 0.1) is 0 Å². The van der Waals surface area contributed by atoms with Gasteiger partial charge in [-0.05, 0) is 44.9 Å². The third-order valence-electron chi connectivity index (χ3n) is 6.24. The number of nitrogens with one attached hydrogen (secondary N) is 2. The first kappa shape index (κ1) is 21.4. The van der Waals surface area contributed by atoms with Gasteiger partial charge >= 0.3 is 0 Å². The zero-order valence-electron chi connectivity index (χ0n) is 17.7. The minimum Gasteiger partial charge on any atom is -0.376 e. The van der Waals surface area contributed by atoms with E-state index in [-0.39, 0.29) is 24.2 Å². The third kappa shape index (κ3) is 6.34. The van der Waals surface area contributed by atoms with Crippen molar-refractivity contribution in [2.24, 2.45) is 4.99 Å². The van der Waals surface area contributed by atoms with Crippen LogP contribution in [-0.2, 0) is 14.3 Å². The minimum atomic E-state index is 0.00532. The molecule has 7 nitrogen and oxygen atoms in total. The molecule has 3 rings (SSSR count). The number of likely N-dealkylation sites (N-methyl/N-ethyl adjacent to an activating group) is 1. The van der Waals surface area contributed by atoms with E-state index in [2.05, 4.69) is 15.6 Å². The number of carbonyl (C=O) groups excluding carboxylic acids is 1. The number of nitrogens with zero attached hydrogens (tertiary/aromatic N) is 2. The Bertz CT molecular complexity index is 520. The Morgan fingerprint density at radius 1 is 1.11 bits per heavy atom. The van der Waals surface area contributed by atoms with E-state index in [1.807, 2.05) is 0 Å². The van der Waals surface area contributed by atoms with Gasteiger partial charge < -0.3 is 25.0 Å². The summed E-state index contributed by atoms with van der Waals surface area (Å²) in [4.78, 5) is 18.2. The summed E-state index contributed by atoms with van der Waals surface area (Å²) in [6, 6.07) is 0.333. The molecule has 3 fully saturated rings. The molecule has 1 aliphatic carbocycles. The van der Waals surface area contributed by atoms with Crippen LogP contribution in [0.3, 0.4) is 0 Å². The van der Waals surface area contributed by atoms with Crippen molar-refractivity contribution in [3.05, 3.63) is 0 Å². The first-order valence-electron chi connectivity index (χ1n) is 11.1. The molecule has 1 spiro atoms. The molecule has 0 bridgehead atoms. The van der Waals surface area contributed by atoms with Crippen molar-refractivity contribution in [1.82, 2.24) is 15.5 Å². The first-order chi connectivity index (χ1) is 13.6. The standard InChI is InChI=1S/C21H38N4O3/c1-25(2)19(26)16-23-20(22-15-18-8-4-7-12-27-18)24-17-9-13-28-21(14-17)10-5-3-6-11-21/h17-18H,3-16H2,1-2H3,(H2,22,23,24). The van der Waals surface area contributed by atoms with Gasteiger partial charge in [0.15, 0.2) is 5.96 Å². The van der Waals surface area contributed by atoms with E-state index in [1.54, 1.807) is 19.0 Å². The van der Waals surface area contributed by atoms with Crippen molar-refractivity contribution in [2.75, 3.05) is 40.4 Å². The van der Waals surface area contributed by atoms with Gasteiger partial charge in [0.25, 0.3) is 0 Å². The fourth-order valence-electron chi connectivity index (χ4n) is 4.51. The molecule has 2 aliphatic heterocycles. The van der Waals surface area contributed by atoms with Crippen LogP contribution in [-0.4, -0.2) is 74.9 Å². The molecule has 0 aromatic rings. The Morgan fingerprint density at radius 2 is 1.93 bits per heavy atom. The first-order valence-corrected chi connectivity index (χ1v) is 11.1. The van der Waals surface area contributed by atoms with Crippen molar-refractivity contribution < 1.29 is 14.3 Å². The summed E-state index contributed by atoms with van der Waals surface area (Å²) in [5.41, 5.74) is 0.0468. The molecule has 1 amide bonds. The van der Waals surface area contributed by atoms with Crippen LogP contribution >= 0.6 is 0 Å². The van der Waals surface area contributed by atoms with Gasteiger partial charge in [-0.2, -0.15) is 0 Å². The van der Waals surface area contributed by atoms with Crippen LogP contribution in [0.4, 0.5) is 0 Å². The number of hydrogen-bond acceptors (Lipinski definition) is 4. The Hall–Kier alpha value is -1.34. The average Bonchev–Trinajstić information content (AvgIpc) is 2.71. The lowest BCUT2D eigenvalue weighted by Crippen LogP contribution is -2.53. The number of hydrogen-bond donors (Lipinski definition) is 2. The van der Waals surface area contributed by atoms with Crippen LogP contribution in [0.1, 0.15) is 64.2 Å². The van der Waals surface area contributed by atoms with Crippen molar-refractivity contribution in [2.45, 2.75) is 82.0 Å². The van der Waals surface area contributed by atoms with Gasteiger partial charge in [0.1, 0.15) is 6.54 Å². The zero-order valence-corrected chi connectivity index (χ0v) is 17.7. The molecule has 3 aliphatic rings. The maximum atomic E-state index is 12.0. The van der Waals surface area contributed by atoms with Crippen molar-refractivity contribution >= 4 is 11.9 Å². The third-order valence-corrected chi connectivity index (χ3v) is 6.24. The zero-order chi connectivity index (χ0) is 19.8. The molecule has 0 aromatic heterocycles. The highest BCUT2D eigenvalue weighted by Gasteiger charge is 2.38. The number of guanidine groups is 1. The summed E-state index contributed by atoms with van der Waals surface area (Å²) in [6.07, 6.45) is 11.9. The van der Waals surface area contributed by atoms with Crippen LogP contribution in [0.2, 0.25) is 0 Å². The minimum absolute atomic E-state index is 0.00532. The quantitative estimate of drug-likeness (QED) is 0.551. The van der Waals surface area contributed by atoms with Crippen LogP contribution < -0.4 is 10.6 Å². The predicted molar refractivity (Wildman–Crippen MR) is 111 cm³/mol. The molecule has 0 aromatic carbocycles. The van der Waals surface area contributed by atoms with Gasteiger partial charge in [0.05, 0.1) is 11.7 Å². The molecule has 0 radical (unpaired) electrons. The second-order valence-electron chi connectivity index (χ2n) is 8.75. The molecule has 2 unspecified atom stereocenters. The summed E-state index contributed by atoms with van der Waals surface area (Å²) >= 11 is 0. The topological polar surface area (TPSA) is 75.2 Å². The number of aliphatic imine (C=N–C) groups is 1. The molecular weight excluding hydrogens is 356 g/mol. The van der Waals surface area contributed by atoms with Gasteiger partial charge in [-0.25, -0.2) is 4.99 Å². The summed E-state index contributed by atoms with van der Waals surface area (Å²) < 4.78 is 12.1. The average molecular weight is 395 g/mol. The molecule has 28 heavy (non-hydrogen) atoms. The fraction of sp³-hybridized carbons (Fsp3) is 0.905. The lowest BCUT2D eigenvalue weighted by molar-refractivity contribution is -0.127. The molecule has 2 N–H and O–H groups in total. The largest absolute Gasteiger partial charge is 0.376 e. The van der Waals surface area contributed by atoms with Crippen LogP contribution in [0.15, 0.2) is 4.99 Å². The highest BCUT2D eigenvalue weighted by atomic mass is 16.5. The van der Waals surface area contributed by atoms with E-state index in [9.17, 15) is 4.79 Å². The maximum absolute atomic E-state index is 12.0. The van der Waals surface area contributed by atoms with E-state index < -0.39 is 0 Å². The van der Waals surface area contributed by atoms with E-state index in [0.29, 0.717) is 6.04 Å². The lowest BCUT2D eigenvalue weighted by Gasteiger charge is -2.44. The number of amides is 1. The van der Waals surface area contributed by atoms with Crippen molar-refractivity contribution in [3.8, 4) is 0 Å². The predicted octanol–water partition coefficient (Wildman–Crippen LogP) is 2.06. The van der Waals surface area contributed by atoms with Gasteiger partial charge in [-0.1, -0.05) is 19.3 Å². The molecule has 1 saturated carbocycles. The Balaban J connectivity index is 1.58. The van der Waals surface area contributed by atoms with E-state index in [0.717, 1.165) is 51.4 Å². The van der Waals surface area contributed by atoms with Gasteiger partial charge in [0, 0.05) is 39.9 Å². The molecule has 2 saturated heterocycles. The number of carbonyl (C=O) groups is 1. The molecule has 7 heteroatoms. The van der Waals surface area contributed by atoms with E-state index in [1.165, 1.54) is 38.5 Å². The summed E-state index contributed by atoms with van der Waals surface area (Å²) in [5.74, 6) is 0.730. The Morgan fingerprint density at radius 3 is 2.64 bits per heavy atom. The summed E-state index contributed by atoms with van der Waals surface area (Å²) in [5, 5.41) is 7.02. The smallest absolute Gasteiger partial charge is 0.243 e. The second-order valence-corrected chi connectivity index (χ2v) is 8.75. The molecular formula is C21H38N4O3. The SMILES string of the molecule is CN(C)C(=O)CN=C(NCC1CCCCO1)NC1CCOC2(CCCCC2)C1. The van der Waals surface area contributed by atoms with Gasteiger partial charge in [-0.3, -0.25) is 4.79 Å². The van der Waals surface area contributed by atoms with Crippen molar-refractivity contribution in [1.29, 1.82) is 0 Å². The Labute approximate surface area is 169 Å². The number of ether oxygens (including phenoxy) is 2. The summed E-state index contributed by atoms with van der Waals surface area (Å²) in [7, 11) is 3.53. The van der Waals surface area contributed by atoms with Gasteiger partial charge in [-0.15, -0.1) is 0 Å². The van der Waals surface area contributed by atoms with Crippen molar-refractivity contribution in [3.63, 3.8) is 0 Å². The van der Waals surface area contributed by atoms with E-state index >= 15 is 0 Å². The summed E-state index contributed by atoms with van der Waals surface area (Å²) in [6.45, 7) is 2.53. The molecule has 160 valence electrons. The number of rotatable bonds is 5. The lowest BCUT2D eigenvalue weighted by atomic mass is 9.78. The Kier molecular flexibility index (Phi) is 7.97. The van der Waals surface area contributed by atoms with Crippen LogP contribution in [0.25, 0.3) is 0 Å².